The Hall–Kier alpha value is -2.63. The minimum atomic E-state index is -0.239. The zero-order valence-electron chi connectivity index (χ0n) is 14.2. The summed E-state index contributed by atoms with van der Waals surface area (Å²) in [5, 5.41) is 10.1. The van der Waals surface area contributed by atoms with E-state index in [-0.39, 0.29) is 5.82 Å². The summed E-state index contributed by atoms with van der Waals surface area (Å²) in [5.74, 6) is 1.07. The molecule has 0 atom stereocenters. The second-order valence-electron chi connectivity index (χ2n) is 5.91. The van der Waals surface area contributed by atoms with Crippen molar-refractivity contribution in [2.45, 2.75) is 10.9 Å². The number of halogens is 2. The van der Waals surface area contributed by atoms with Crippen molar-refractivity contribution in [1.82, 2.24) is 14.8 Å². The first-order valence-electron chi connectivity index (χ1n) is 8.35. The molecule has 0 spiro atoms. The van der Waals surface area contributed by atoms with Gasteiger partial charge in [-0.1, -0.05) is 65.8 Å². The summed E-state index contributed by atoms with van der Waals surface area (Å²) >= 11 is 7.67. The van der Waals surface area contributed by atoms with Crippen LogP contribution in [0.15, 0.2) is 84.0 Å². The Morgan fingerprint density at radius 2 is 1.70 bits per heavy atom. The number of rotatable bonds is 5. The zero-order chi connectivity index (χ0) is 18.6. The summed E-state index contributed by atoms with van der Waals surface area (Å²) in [5.41, 5.74) is 2.74. The fourth-order valence-electron chi connectivity index (χ4n) is 2.76. The monoisotopic (exact) mass is 395 g/mol. The molecule has 3 nitrogen and oxygen atoms in total. The minimum Gasteiger partial charge on any atom is -0.270 e. The van der Waals surface area contributed by atoms with Crippen LogP contribution in [-0.4, -0.2) is 14.8 Å². The Morgan fingerprint density at radius 1 is 0.889 bits per heavy atom. The number of hydrogen-bond donors (Lipinski definition) is 0. The molecule has 0 saturated carbocycles. The third-order valence-electron chi connectivity index (χ3n) is 3.99. The Bertz CT molecular complexity index is 1070. The van der Waals surface area contributed by atoms with Crippen molar-refractivity contribution in [2.24, 2.45) is 0 Å². The van der Waals surface area contributed by atoms with E-state index in [4.69, 9.17) is 11.6 Å². The second-order valence-corrected chi connectivity index (χ2v) is 7.29. The fraction of sp³-hybridized carbons (Fsp3) is 0.0476. The van der Waals surface area contributed by atoms with Gasteiger partial charge in [-0.3, -0.25) is 4.57 Å². The summed E-state index contributed by atoms with van der Waals surface area (Å²) < 4.78 is 15.4. The van der Waals surface area contributed by atoms with Crippen molar-refractivity contribution in [3.05, 3.63) is 95.3 Å². The number of thioether (sulfide) groups is 1. The van der Waals surface area contributed by atoms with E-state index in [0.717, 1.165) is 22.0 Å². The molecule has 0 aliphatic carbocycles. The van der Waals surface area contributed by atoms with Crippen LogP contribution in [0.2, 0.25) is 5.02 Å². The maximum atomic E-state index is 13.4. The molecule has 0 aliphatic rings. The van der Waals surface area contributed by atoms with Crippen LogP contribution in [0, 0.1) is 5.82 Å². The molecular weight excluding hydrogens is 381 g/mol. The maximum absolute atomic E-state index is 13.4. The Labute approximate surface area is 165 Å². The van der Waals surface area contributed by atoms with Gasteiger partial charge in [0.15, 0.2) is 11.0 Å². The zero-order valence-corrected chi connectivity index (χ0v) is 15.8. The largest absolute Gasteiger partial charge is 0.270 e. The van der Waals surface area contributed by atoms with Crippen LogP contribution >= 0.6 is 23.4 Å². The smallest absolute Gasteiger partial charge is 0.196 e. The predicted octanol–water partition coefficient (Wildman–Crippen LogP) is 6.02. The van der Waals surface area contributed by atoms with Crippen LogP contribution in [0.4, 0.5) is 4.39 Å². The van der Waals surface area contributed by atoms with E-state index in [1.165, 1.54) is 23.9 Å². The standard InChI is InChI=1S/C21H15ClFN3S/c22-17-8-5-7-16(13-17)20-24-25-21(26(20)19-10-2-1-3-11-19)27-14-15-6-4-9-18(23)12-15/h1-13H,14H2. The summed E-state index contributed by atoms with van der Waals surface area (Å²) in [6.07, 6.45) is 0. The van der Waals surface area contributed by atoms with Gasteiger partial charge in [0.1, 0.15) is 5.82 Å². The molecular formula is C21H15ClFN3S. The molecule has 3 aromatic carbocycles. The average molecular weight is 396 g/mol. The van der Waals surface area contributed by atoms with E-state index >= 15 is 0 Å². The van der Waals surface area contributed by atoms with E-state index in [9.17, 15) is 4.39 Å². The van der Waals surface area contributed by atoms with Gasteiger partial charge in [0.25, 0.3) is 0 Å². The molecule has 1 heterocycles. The van der Waals surface area contributed by atoms with Gasteiger partial charge in [0.05, 0.1) is 0 Å². The molecule has 134 valence electrons. The number of benzene rings is 3. The molecule has 4 rings (SSSR count). The van der Waals surface area contributed by atoms with Crippen LogP contribution in [0.3, 0.4) is 0 Å². The van der Waals surface area contributed by atoms with E-state index in [1.807, 2.05) is 65.2 Å². The van der Waals surface area contributed by atoms with Crippen LogP contribution in [0.25, 0.3) is 17.1 Å². The van der Waals surface area contributed by atoms with Crippen molar-refractivity contribution >= 4 is 23.4 Å². The lowest BCUT2D eigenvalue weighted by molar-refractivity contribution is 0.626. The molecule has 0 saturated heterocycles. The fourth-order valence-corrected chi connectivity index (χ4v) is 3.85. The molecule has 0 N–H and O–H groups in total. The number of para-hydroxylation sites is 1. The normalized spacial score (nSPS) is 10.9. The quantitative estimate of drug-likeness (QED) is 0.387. The summed E-state index contributed by atoms with van der Waals surface area (Å²) in [4.78, 5) is 0. The summed E-state index contributed by atoms with van der Waals surface area (Å²) in [7, 11) is 0. The molecule has 1 aromatic heterocycles. The van der Waals surface area contributed by atoms with Crippen molar-refractivity contribution < 1.29 is 4.39 Å². The van der Waals surface area contributed by atoms with Crippen LogP contribution < -0.4 is 0 Å². The topological polar surface area (TPSA) is 30.7 Å². The Morgan fingerprint density at radius 3 is 2.48 bits per heavy atom. The first-order chi connectivity index (χ1) is 13.2. The second kappa shape index (κ2) is 7.94. The molecule has 0 unspecified atom stereocenters. The molecule has 27 heavy (non-hydrogen) atoms. The van der Waals surface area contributed by atoms with Crippen LogP contribution in [-0.2, 0) is 5.75 Å². The highest BCUT2D eigenvalue weighted by Crippen LogP contribution is 2.30. The molecule has 0 radical (unpaired) electrons. The van der Waals surface area contributed by atoms with Gasteiger partial charge in [0, 0.05) is 22.0 Å². The maximum Gasteiger partial charge on any atom is 0.196 e. The summed E-state index contributed by atoms with van der Waals surface area (Å²) in [6, 6.07) is 24.0. The number of hydrogen-bond acceptors (Lipinski definition) is 3. The van der Waals surface area contributed by atoms with Crippen molar-refractivity contribution in [1.29, 1.82) is 0 Å². The minimum absolute atomic E-state index is 0.239. The van der Waals surface area contributed by atoms with Gasteiger partial charge < -0.3 is 0 Å². The van der Waals surface area contributed by atoms with E-state index in [1.54, 1.807) is 6.07 Å². The highest BCUT2D eigenvalue weighted by Gasteiger charge is 2.16. The average Bonchev–Trinajstić information content (AvgIpc) is 3.11. The lowest BCUT2D eigenvalue weighted by Gasteiger charge is -2.10. The lowest BCUT2D eigenvalue weighted by atomic mass is 10.2. The SMILES string of the molecule is Fc1cccc(CSc2nnc(-c3cccc(Cl)c3)n2-c2ccccc2)c1. The number of aromatic nitrogens is 3. The molecule has 0 amide bonds. The first kappa shape index (κ1) is 17.8. The van der Waals surface area contributed by atoms with Gasteiger partial charge in [-0.05, 0) is 42.0 Å². The molecule has 0 aliphatic heterocycles. The Balaban J connectivity index is 1.73. The van der Waals surface area contributed by atoms with Gasteiger partial charge >= 0.3 is 0 Å². The van der Waals surface area contributed by atoms with Crippen molar-refractivity contribution in [3.8, 4) is 17.1 Å². The third kappa shape index (κ3) is 4.04. The van der Waals surface area contributed by atoms with Crippen LogP contribution in [0.1, 0.15) is 5.56 Å². The van der Waals surface area contributed by atoms with E-state index in [2.05, 4.69) is 10.2 Å². The molecule has 6 heteroatoms. The molecule has 0 fully saturated rings. The molecule has 4 aromatic rings. The van der Waals surface area contributed by atoms with Gasteiger partial charge in [-0.15, -0.1) is 10.2 Å². The predicted molar refractivity (Wildman–Crippen MR) is 108 cm³/mol. The first-order valence-corrected chi connectivity index (χ1v) is 9.71. The third-order valence-corrected chi connectivity index (χ3v) is 5.22. The highest BCUT2D eigenvalue weighted by atomic mass is 35.5. The van der Waals surface area contributed by atoms with Gasteiger partial charge in [0.2, 0.25) is 0 Å². The highest BCUT2D eigenvalue weighted by molar-refractivity contribution is 7.98. The molecule has 0 bridgehead atoms. The van der Waals surface area contributed by atoms with Crippen LogP contribution in [0.5, 0.6) is 0 Å². The van der Waals surface area contributed by atoms with Crippen molar-refractivity contribution in [3.63, 3.8) is 0 Å². The van der Waals surface area contributed by atoms with E-state index in [0.29, 0.717) is 16.6 Å². The van der Waals surface area contributed by atoms with Gasteiger partial charge in [-0.2, -0.15) is 0 Å². The lowest BCUT2D eigenvalue weighted by Crippen LogP contribution is -1.99. The number of nitrogens with zero attached hydrogens (tertiary/aromatic N) is 3. The van der Waals surface area contributed by atoms with Crippen molar-refractivity contribution in [2.75, 3.05) is 0 Å². The van der Waals surface area contributed by atoms with Gasteiger partial charge in [-0.25, -0.2) is 4.39 Å². The van der Waals surface area contributed by atoms with E-state index < -0.39 is 0 Å². The summed E-state index contributed by atoms with van der Waals surface area (Å²) in [6.45, 7) is 0. The Kier molecular flexibility index (Phi) is 5.23.